The highest BCUT2D eigenvalue weighted by molar-refractivity contribution is 6.30. The van der Waals surface area contributed by atoms with Gasteiger partial charge in [0.25, 0.3) is 5.69 Å². The molecule has 6 nitrogen and oxygen atoms in total. The maximum Gasteiger partial charge on any atom is 0.275 e. The van der Waals surface area contributed by atoms with E-state index in [1.54, 1.807) is 18.5 Å². The molecule has 0 unspecified atom stereocenters. The molecule has 0 atom stereocenters. The molecule has 112 valence electrons. The quantitative estimate of drug-likeness (QED) is 0.485. The smallest absolute Gasteiger partial charge is 0.275 e. The van der Waals surface area contributed by atoms with Gasteiger partial charge in [-0.1, -0.05) is 18.5 Å². The van der Waals surface area contributed by atoms with Gasteiger partial charge in [-0.3, -0.25) is 10.1 Å². The summed E-state index contributed by atoms with van der Waals surface area (Å²) in [5, 5.41) is 14.7. The number of imidazole rings is 1. The monoisotopic (exact) mass is 308 g/mol. The van der Waals surface area contributed by atoms with Crippen molar-refractivity contribution in [2.45, 2.75) is 26.4 Å². The Morgan fingerprint density at radius 1 is 1.48 bits per heavy atom. The van der Waals surface area contributed by atoms with Gasteiger partial charge in [-0.2, -0.15) is 0 Å². The molecule has 0 saturated heterocycles. The van der Waals surface area contributed by atoms with Crippen LogP contribution in [0.1, 0.15) is 24.6 Å². The molecule has 0 saturated carbocycles. The van der Waals surface area contributed by atoms with Gasteiger partial charge in [0, 0.05) is 29.4 Å². The molecule has 2 rings (SSSR count). The number of nitrogens with one attached hydrogen (secondary N) is 1. The summed E-state index contributed by atoms with van der Waals surface area (Å²) < 4.78 is 1.83. The van der Waals surface area contributed by atoms with Crippen LogP contribution in [-0.4, -0.2) is 21.0 Å². The molecule has 21 heavy (non-hydrogen) atoms. The predicted octanol–water partition coefficient (Wildman–Crippen LogP) is 2.99. The van der Waals surface area contributed by atoms with E-state index in [1.165, 1.54) is 6.07 Å². The zero-order valence-electron chi connectivity index (χ0n) is 11.8. The number of halogens is 1. The van der Waals surface area contributed by atoms with Crippen molar-refractivity contribution in [3.8, 4) is 0 Å². The standard InChI is InChI=1S/C14H17ClN4O2/c1-2-5-16-7-13-9-18(10-17-13)8-11-3-4-12(15)6-14(11)19(20)21/h3-4,6,9-10,16H,2,5,7-8H2,1H3. The fourth-order valence-corrected chi connectivity index (χ4v) is 2.18. The van der Waals surface area contributed by atoms with E-state index in [9.17, 15) is 10.1 Å². The van der Waals surface area contributed by atoms with Crippen LogP contribution in [-0.2, 0) is 13.1 Å². The lowest BCUT2D eigenvalue weighted by Gasteiger charge is -2.04. The first-order chi connectivity index (χ1) is 10.1. The second-order valence-corrected chi connectivity index (χ2v) is 5.18. The molecule has 1 N–H and O–H groups in total. The lowest BCUT2D eigenvalue weighted by Crippen LogP contribution is -2.13. The molecule has 0 amide bonds. The van der Waals surface area contributed by atoms with E-state index in [0.717, 1.165) is 18.7 Å². The van der Waals surface area contributed by atoms with Gasteiger partial charge in [0.15, 0.2) is 0 Å². The Hall–Kier alpha value is -1.92. The van der Waals surface area contributed by atoms with Crippen molar-refractivity contribution in [2.75, 3.05) is 6.54 Å². The molecule has 0 aliphatic rings. The second kappa shape index (κ2) is 7.19. The molecule has 1 aromatic carbocycles. The molecule has 0 spiro atoms. The van der Waals surface area contributed by atoms with Crippen LogP contribution < -0.4 is 5.32 Å². The summed E-state index contributed by atoms with van der Waals surface area (Å²) in [4.78, 5) is 14.9. The van der Waals surface area contributed by atoms with Crippen molar-refractivity contribution in [3.05, 3.63) is 57.1 Å². The van der Waals surface area contributed by atoms with Crippen LogP contribution in [0.5, 0.6) is 0 Å². The largest absolute Gasteiger partial charge is 0.332 e. The molecular weight excluding hydrogens is 292 g/mol. The van der Waals surface area contributed by atoms with Crippen molar-refractivity contribution < 1.29 is 4.92 Å². The van der Waals surface area contributed by atoms with Gasteiger partial charge in [0.2, 0.25) is 0 Å². The number of nitro groups is 1. The average Bonchev–Trinajstić information content (AvgIpc) is 2.88. The molecule has 0 radical (unpaired) electrons. The maximum atomic E-state index is 11.1. The number of aromatic nitrogens is 2. The molecule has 2 aromatic rings. The third kappa shape index (κ3) is 4.27. The van der Waals surface area contributed by atoms with Crippen molar-refractivity contribution in [1.82, 2.24) is 14.9 Å². The fourth-order valence-electron chi connectivity index (χ4n) is 2.01. The summed E-state index contributed by atoms with van der Waals surface area (Å²) in [6.45, 7) is 4.14. The maximum absolute atomic E-state index is 11.1. The highest BCUT2D eigenvalue weighted by Gasteiger charge is 2.14. The van der Waals surface area contributed by atoms with Gasteiger partial charge < -0.3 is 9.88 Å². The van der Waals surface area contributed by atoms with Gasteiger partial charge >= 0.3 is 0 Å². The molecule has 0 aliphatic heterocycles. The topological polar surface area (TPSA) is 73.0 Å². The Balaban J connectivity index is 2.10. The van der Waals surface area contributed by atoms with E-state index in [1.807, 2.05) is 10.8 Å². The number of nitro benzene ring substituents is 1. The van der Waals surface area contributed by atoms with Gasteiger partial charge in [0.05, 0.1) is 23.5 Å². The number of hydrogen-bond acceptors (Lipinski definition) is 4. The summed E-state index contributed by atoms with van der Waals surface area (Å²) in [6.07, 6.45) is 4.64. The zero-order chi connectivity index (χ0) is 15.2. The van der Waals surface area contributed by atoms with E-state index >= 15 is 0 Å². The normalized spacial score (nSPS) is 10.8. The van der Waals surface area contributed by atoms with Crippen molar-refractivity contribution in [3.63, 3.8) is 0 Å². The van der Waals surface area contributed by atoms with E-state index < -0.39 is 4.92 Å². The van der Waals surface area contributed by atoms with Crippen LogP contribution in [0.4, 0.5) is 5.69 Å². The lowest BCUT2D eigenvalue weighted by molar-refractivity contribution is -0.385. The minimum atomic E-state index is -0.415. The summed E-state index contributed by atoms with van der Waals surface area (Å²) in [5.41, 5.74) is 1.55. The molecule has 0 bridgehead atoms. The molecule has 0 fully saturated rings. The highest BCUT2D eigenvalue weighted by Crippen LogP contribution is 2.24. The second-order valence-electron chi connectivity index (χ2n) is 4.74. The van der Waals surface area contributed by atoms with Gasteiger partial charge in [-0.15, -0.1) is 0 Å². The Morgan fingerprint density at radius 2 is 2.29 bits per heavy atom. The van der Waals surface area contributed by atoms with Crippen LogP contribution in [0.15, 0.2) is 30.7 Å². The van der Waals surface area contributed by atoms with Crippen LogP contribution in [0.3, 0.4) is 0 Å². The Kier molecular flexibility index (Phi) is 5.30. The molecule has 0 aliphatic carbocycles. The Bertz CT molecular complexity index is 627. The van der Waals surface area contributed by atoms with Crippen molar-refractivity contribution >= 4 is 17.3 Å². The Morgan fingerprint density at radius 3 is 3.00 bits per heavy atom. The molecule has 1 heterocycles. The number of rotatable bonds is 7. The van der Waals surface area contributed by atoms with E-state index in [-0.39, 0.29) is 5.69 Å². The van der Waals surface area contributed by atoms with E-state index in [4.69, 9.17) is 11.6 Å². The summed E-state index contributed by atoms with van der Waals surface area (Å²) in [6, 6.07) is 4.71. The van der Waals surface area contributed by atoms with Crippen molar-refractivity contribution in [1.29, 1.82) is 0 Å². The minimum Gasteiger partial charge on any atom is -0.332 e. The van der Waals surface area contributed by atoms with Crippen LogP contribution in [0, 0.1) is 10.1 Å². The average molecular weight is 309 g/mol. The van der Waals surface area contributed by atoms with E-state index in [0.29, 0.717) is 23.7 Å². The van der Waals surface area contributed by atoms with E-state index in [2.05, 4.69) is 17.2 Å². The van der Waals surface area contributed by atoms with Gasteiger partial charge in [-0.05, 0) is 25.1 Å². The summed E-state index contributed by atoms with van der Waals surface area (Å²) in [5.74, 6) is 0. The van der Waals surface area contributed by atoms with Crippen LogP contribution in [0.2, 0.25) is 5.02 Å². The van der Waals surface area contributed by atoms with Crippen LogP contribution in [0.25, 0.3) is 0 Å². The van der Waals surface area contributed by atoms with Gasteiger partial charge in [-0.25, -0.2) is 4.98 Å². The number of benzene rings is 1. The first-order valence-corrected chi connectivity index (χ1v) is 7.12. The minimum absolute atomic E-state index is 0.0295. The SMILES string of the molecule is CCCNCc1cn(Cc2ccc(Cl)cc2[N+](=O)[O-])cn1. The highest BCUT2D eigenvalue weighted by atomic mass is 35.5. The fraction of sp³-hybridized carbons (Fsp3) is 0.357. The molecule has 1 aromatic heterocycles. The molecular formula is C14H17ClN4O2. The van der Waals surface area contributed by atoms with Crippen molar-refractivity contribution in [2.24, 2.45) is 0 Å². The van der Waals surface area contributed by atoms with Gasteiger partial charge in [0.1, 0.15) is 0 Å². The predicted molar refractivity (Wildman–Crippen MR) is 81.4 cm³/mol. The lowest BCUT2D eigenvalue weighted by atomic mass is 10.2. The summed E-state index contributed by atoms with van der Waals surface area (Å²) >= 11 is 5.81. The van der Waals surface area contributed by atoms with Crippen LogP contribution >= 0.6 is 11.6 Å². The number of nitrogens with zero attached hydrogens (tertiary/aromatic N) is 3. The third-order valence-corrected chi connectivity index (χ3v) is 3.25. The Labute approximate surface area is 127 Å². The first-order valence-electron chi connectivity index (χ1n) is 6.74. The summed E-state index contributed by atoms with van der Waals surface area (Å²) in [7, 11) is 0. The molecule has 7 heteroatoms. The zero-order valence-corrected chi connectivity index (χ0v) is 12.5. The number of hydrogen-bond donors (Lipinski definition) is 1. The third-order valence-electron chi connectivity index (χ3n) is 3.02. The first kappa shape index (κ1) is 15.5.